The summed E-state index contributed by atoms with van der Waals surface area (Å²) in [5, 5.41) is 29.2. The molecule has 0 amide bonds. The smallest absolute Gasteiger partial charge is 0.161 e. The van der Waals surface area contributed by atoms with Gasteiger partial charge < -0.3 is 5.73 Å². The summed E-state index contributed by atoms with van der Waals surface area (Å²) < 4.78 is 0. The molecule has 2 rings (SSSR count). The van der Waals surface area contributed by atoms with Crippen LogP contribution in [0.5, 0.6) is 0 Å². The summed E-state index contributed by atoms with van der Waals surface area (Å²) in [7, 11) is 0. The first-order valence-corrected chi connectivity index (χ1v) is 6.97. The van der Waals surface area contributed by atoms with E-state index in [-0.39, 0.29) is 23.8 Å². The van der Waals surface area contributed by atoms with E-state index < -0.39 is 16.2 Å². The average molecular weight is 282 g/mol. The number of nitrogens with two attached hydrogens (primary N) is 1. The number of allylic oxidation sites excluding steroid dienone is 2. The zero-order valence-electron chi connectivity index (χ0n) is 12.5. The molecule has 1 fully saturated rings. The van der Waals surface area contributed by atoms with Crippen LogP contribution < -0.4 is 5.73 Å². The van der Waals surface area contributed by atoms with Gasteiger partial charge in [-0.3, -0.25) is 4.79 Å². The van der Waals surface area contributed by atoms with Gasteiger partial charge in [0.2, 0.25) is 0 Å². The largest absolute Gasteiger partial charge is 0.400 e. The second-order valence-electron chi connectivity index (χ2n) is 6.63. The predicted molar refractivity (Wildman–Crippen MR) is 74.7 cm³/mol. The lowest BCUT2D eigenvalue weighted by Crippen LogP contribution is -2.60. The fourth-order valence-corrected chi connectivity index (χ4v) is 4.16. The molecule has 0 aliphatic heterocycles. The van der Waals surface area contributed by atoms with E-state index in [1.54, 1.807) is 13.8 Å². The highest BCUT2D eigenvalue weighted by Gasteiger charge is 2.68. The van der Waals surface area contributed by atoms with E-state index in [1.165, 1.54) is 0 Å². The molecule has 0 spiro atoms. The molecule has 0 radical (unpaired) electrons. The molecule has 21 heavy (non-hydrogen) atoms. The van der Waals surface area contributed by atoms with Gasteiger partial charge in [0.05, 0.1) is 18.2 Å². The van der Waals surface area contributed by atoms with Gasteiger partial charge in [0, 0.05) is 23.1 Å². The van der Waals surface area contributed by atoms with Gasteiger partial charge in [0.25, 0.3) is 0 Å². The first kappa shape index (κ1) is 15.1. The van der Waals surface area contributed by atoms with Gasteiger partial charge in [-0.05, 0) is 25.7 Å². The molecule has 0 saturated heterocycles. The van der Waals surface area contributed by atoms with Crippen LogP contribution >= 0.6 is 0 Å². The minimum Gasteiger partial charge on any atom is -0.400 e. The normalized spacial score (nSPS) is 37.9. The molecule has 2 N–H and O–H groups in total. The minimum atomic E-state index is -1.37. The number of rotatable bonds is 0. The Hall–Kier alpha value is -2.32. The molecule has 2 aliphatic rings. The maximum atomic E-state index is 12.3. The van der Waals surface area contributed by atoms with Crippen LogP contribution in [-0.4, -0.2) is 5.78 Å². The number of nitrogens with zero attached hydrogens (tertiary/aromatic N) is 3. The minimum absolute atomic E-state index is 0.0107. The van der Waals surface area contributed by atoms with Crippen LogP contribution in [-0.2, 0) is 4.79 Å². The van der Waals surface area contributed by atoms with Gasteiger partial charge in [0.1, 0.15) is 5.41 Å². The van der Waals surface area contributed by atoms with Crippen molar-refractivity contribution in [3.8, 4) is 18.2 Å². The molecule has 0 aromatic carbocycles. The number of carbonyl (C=O) groups excluding carboxylic acids is 1. The average Bonchev–Trinajstić information content (AvgIpc) is 2.46. The maximum absolute atomic E-state index is 12.3. The Morgan fingerprint density at radius 3 is 2.24 bits per heavy atom. The summed E-state index contributed by atoms with van der Waals surface area (Å²) in [6.45, 7) is 5.24. The summed E-state index contributed by atoms with van der Waals surface area (Å²) in [4.78, 5) is 12.3. The molecule has 1 saturated carbocycles. The van der Waals surface area contributed by atoms with Gasteiger partial charge in [-0.2, -0.15) is 15.8 Å². The van der Waals surface area contributed by atoms with Crippen molar-refractivity contribution in [2.24, 2.45) is 27.9 Å². The number of carbonyl (C=O) groups is 1. The van der Waals surface area contributed by atoms with Crippen molar-refractivity contribution in [1.29, 1.82) is 15.8 Å². The second-order valence-corrected chi connectivity index (χ2v) is 6.63. The molecule has 108 valence electrons. The van der Waals surface area contributed by atoms with Gasteiger partial charge in [0.15, 0.2) is 11.2 Å². The molecule has 5 heteroatoms. The van der Waals surface area contributed by atoms with Crippen molar-refractivity contribution < 1.29 is 4.79 Å². The zero-order valence-corrected chi connectivity index (χ0v) is 12.5. The summed E-state index contributed by atoms with van der Waals surface area (Å²) in [6, 6.07) is 6.50. The molecule has 3 atom stereocenters. The number of ketones is 1. The Bertz CT molecular complexity index is 658. The van der Waals surface area contributed by atoms with E-state index in [9.17, 15) is 20.6 Å². The monoisotopic (exact) mass is 282 g/mol. The third-order valence-electron chi connectivity index (χ3n) is 5.56. The zero-order chi connectivity index (χ0) is 16.1. The van der Waals surface area contributed by atoms with Crippen LogP contribution in [0.2, 0.25) is 0 Å². The highest BCUT2D eigenvalue weighted by molar-refractivity contribution is 5.98. The Morgan fingerprint density at radius 2 is 1.76 bits per heavy atom. The SMILES string of the molecule is CC1=C(N)[C@@]2(C#N)C[C@@H](C)CC(C#N)(C#N)[C@]2(C)CC1=O. The summed E-state index contributed by atoms with van der Waals surface area (Å²) in [5.41, 5.74) is 3.22. The molecule has 5 nitrogen and oxygen atoms in total. The van der Waals surface area contributed by atoms with Crippen molar-refractivity contribution in [2.45, 2.75) is 40.0 Å². The lowest BCUT2D eigenvalue weighted by atomic mass is 9.41. The number of fused-ring (bicyclic) bond motifs is 1. The van der Waals surface area contributed by atoms with E-state index in [0.29, 0.717) is 18.4 Å². The Morgan fingerprint density at radius 1 is 1.19 bits per heavy atom. The van der Waals surface area contributed by atoms with Gasteiger partial charge in [-0.25, -0.2) is 0 Å². The first-order valence-electron chi connectivity index (χ1n) is 6.97. The summed E-state index contributed by atoms with van der Waals surface area (Å²) in [5.74, 6) is -0.165. The van der Waals surface area contributed by atoms with Gasteiger partial charge >= 0.3 is 0 Å². The summed E-state index contributed by atoms with van der Waals surface area (Å²) in [6.07, 6.45) is 0.849. The molecule has 0 aromatic heterocycles. The quantitative estimate of drug-likeness (QED) is 0.731. The van der Waals surface area contributed by atoms with Crippen LogP contribution in [0.25, 0.3) is 0 Å². The number of Topliss-reactive ketones (excluding diaryl/α,β-unsaturated/α-hetero) is 1. The van der Waals surface area contributed by atoms with Crippen LogP contribution in [0.3, 0.4) is 0 Å². The van der Waals surface area contributed by atoms with E-state index in [4.69, 9.17) is 5.73 Å². The molecular weight excluding hydrogens is 264 g/mol. The van der Waals surface area contributed by atoms with Crippen molar-refractivity contribution in [1.82, 2.24) is 0 Å². The molecule has 0 heterocycles. The fraction of sp³-hybridized carbons (Fsp3) is 0.625. The second kappa shape index (κ2) is 4.34. The van der Waals surface area contributed by atoms with E-state index in [0.717, 1.165) is 0 Å². The lowest BCUT2D eigenvalue weighted by Gasteiger charge is -2.57. The lowest BCUT2D eigenvalue weighted by molar-refractivity contribution is -0.126. The van der Waals surface area contributed by atoms with Crippen LogP contribution in [0.1, 0.15) is 40.0 Å². The highest BCUT2D eigenvalue weighted by Crippen LogP contribution is 2.66. The van der Waals surface area contributed by atoms with Crippen LogP contribution in [0, 0.1) is 56.2 Å². The Balaban J connectivity index is 2.87. The Kier molecular flexibility index (Phi) is 3.11. The third-order valence-corrected chi connectivity index (χ3v) is 5.56. The van der Waals surface area contributed by atoms with Crippen molar-refractivity contribution in [3.05, 3.63) is 11.3 Å². The van der Waals surface area contributed by atoms with E-state index in [2.05, 4.69) is 18.2 Å². The molecule has 0 unspecified atom stereocenters. The predicted octanol–water partition coefficient (Wildman–Crippen LogP) is 2.17. The summed E-state index contributed by atoms with van der Waals surface area (Å²) >= 11 is 0. The topological polar surface area (TPSA) is 114 Å². The van der Waals surface area contributed by atoms with Gasteiger partial charge in [-0.1, -0.05) is 13.8 Å². The molecular formula is C16H18N4O. The van der Waals surface area contributed by atoms with Crippen LogP contribution in [0.4, 0.5) is 0 Å². The third kappa shape index (κ3) is 1.51. The highest BCUT2D eigenvalue weighted by atomic mass is 16.1. The molecule has 0 bridgehead atoms. The number of hydrogen-bond acceptors (Lipinski definition) is 5. The van der Waals surface area contributed by atoms with Crippen molar-refractivity contribution in [2.75, 3.05) is 0 Å². The molecule has 2 aliphatic carbocycles. The van der Waals surface area contributed by atoms with Gasteiger partial charge in [-0.15, -0.1) is 0 Å². The van der Waals surface area contributed by atoms with Crippen molar-refractivity contribution in [3.63, 3.8) is 0 Å². The van der Waals surface area contributed by atoms with Crippen LogP contribution in [0.15, 0.2) is 11.3 Å². The number of hydrogen-bond donors (Lipinski definition) is 1. The van der Waals surface area contributed by atoms with Crippen molar-refractivity contribution >= 4 is 5.78 Å². The maximum Gasteiger partial charge on any atom is 0.161 e. The van der Waals surface area contributed by atoms with E-state index >= 15 is 0 Å². The Labute approximate surface area is 124 Å². The first-order chi connectivity index (χ1) is 9.73. The number of nitriles is 3. The fourth-order valence-electron chi connectivity index (χ4n) is 4.16. The standard InChI is InChI=1S/C16H18N4O/c1-10-4-15(7-17,8-18)14(3)6-12(21)11(2)13(20)16(14,5-10)9-19/h10H,4-6,20H2,1-3H3/t10-,14-,16-/m0/s1. The molecule has 0 aromatic rings. The van der Waals surface area contributed by atoms with E-state index in [1.807, 2.05) is 6.92 Å².